The molecule has 1 amide bonds. The van der Waals surface area contributed by atoms with Crippen molar-refractivity contribution in [3.05, 3.63) is 4.88 Å². The van der Waals surface area contributed by atoms with Crippen molar-refractivity contribution in [3.63, 3.8) is 0 Å². The number of nitrogens with two attached hydrogens (primary N) is 3. The summed E-state index contributed by atoms with van der Waals surface area (Å²) in [7, 11) is 0. The summed E-state index contributed by atoms with van der Waals surface area (Å²) in [4.78, 5) is 17.4. The summed E-state index contributed by atoms with van der Waals surface area (Å²) >= 11 is 1.23. The number of anilines is 2. The Bertz CT molecular complexity index is 390. The Balaban J connectivity index is 2.23. The lowest BCUT2D eigenvalue weighted by Crippen LogP contribution is -2.26. The molecule has 6 nitrogen and oxygen atoms in total. The number of primary amides is 1. The van der Waals surface area contributed by atoms with E-state index in [1.54, 1.807) is 0 Å². The number of nitrogen functional groups attached to an aromatic ring is 1. The molecule has 1 unspecified atom stereocenters. The Morgan fingerprint density at radius 1 is 1.60 bits per heavy atom. The van der Waals surface area contributed by atoms with Crippen molar-refractivity contribution in [2.75, 3.05) is 23.7 Å². The summed E-state index contributed by atoms with van der Waals surface area (Å²) < 4.78 is 0. The van der Waals surface area contributed by atoms with Crippen molar-refractivity contribution in [1.82, 2.24) is 4.98 Å². The van der Waals surface area contributed by atoms with Crippen molar-refractivity contribution in [3.8, 4) is 0 Å². The molecule has 15 heavy (non-hydrogen) atoms. The third-order valence-corrected chi connectivity index (χ3v) is 3.51. The van der Waals surface area contributed by atoms with E-state index in [2.05, 4.69) is 4.98 Å². The van der Waals surface area contributed by atoms with E-state index in [0.717, 1.165) is 24.6 Å². The van der Waals surface area contributed by atoms with E-state index in [0.29, 0.717) is 4.88 Å². The van der Waals surface area contributed by atoms with Crippen LogP contribution in [-0.2, 0) is 0 Å². The van der Waals surface area contributed by atoms with E-state index < -0.39 is 5.91 Å². The van der Waals surface area contributed by atoms with Gasteiger partial charge >= 0.3 is 0 Å². The first kappa shape index (κ1) is 10.2. The van der Waals surface area contributed by atoms with Crippen LogP contribution in [0.2, 0.25) is 0 Å². The van der Waals surface area contributed by atoms with Gasteiger partial charge in [0.2, 0.25) is 0 Å². The quantitative estimate of drug-likeness (QED) is 0.622. The molecule has 1 aliphatic heterocycles. The zero-order valence-electron chi connectivity index (χ0n) is 8.14. The summed E-state index contributed by atoms with van der Waals surface area (Å²) in [6.07, 6.45) is 0.936. The highest BCUT2D eigenvalue weighted by Gasteiger charge is 2.24. The van der Waals surface area contributed by atoms with Crippen LogP contribution in [0.4, 0.5) is 10.9 Å². The van der Waals surface area contributed by atoms with Crippen LogP contribution in [0, 0.1) is 0 Å². The van der Waals surface area contributed by atoms with Gasteiger partial charge in [0.15, 0.2) is 5.13 Å². The van der Waals surface area contributed by atoms with Crippen molar-refractivity contribution >= 4 is 28.2 Å². The van der Waals surface area contributed by atoms with Gasteiger partial charge in [-0.15, -0.1) is 0 Å². The molecule has 1 fully saturated rings. The number of amides is 1. The second kappa shape index (κ2) is 3.67. The highest BCUT2D eigenvalue weighted by atomic mass is 32.1. The van der Waals surface area contributed by atoms with E-state index in [1.807, 2.05) is 4.90 Å². The van der Waals surface area contributed by atoms with Gasteiger partial charge in [0.05, 0.1) is 0 Å². The molecule has 1 aromatic heterocycles. The van der Waals surface area contributed by atoms with Gasteiger partial charge in [-0.3, -0.25) is 4.79 Å². The van der Waals surface area contributed by atoms with Gasteiger partial charge in [0.25, 0.3) is 5.91 Å². The molecule has 1 saturated heterocycles. The first-order valence-corrected chi connectivity index (χ1v) is 5.46. The van der Waals surface area contributed by atoms with Crippen LogP contribution in [0.5, 0.6) is 0 Å². The zero-order valence-corrected chi connectivity index (χ0v) is 8.96. The number of carbonyl (C=O) groups is 1. The van der Waals surface area contributed by atoms with Crippen LogP contribution in [0.25, 0.3) is 0 Å². The standard InChI is InChI=1S/C8H13N5OS/c9-4-1-2-13(3-4)8-12-6(10)5(15-8)7(11)14/h4H,1-3,9-10H2,(H2,11,14). The Morgan fingerprint density at radius 2 is 2.33 bits per heavy atom. The smallest absolute Gasteiger partial charge is 0.262 e. The maximum absolute atomic E-state index is 11.0. The Labute approximate surface area is 91.1 Å². The first-order chi connectivity index (χ1) is 7.08. The van der Waals surface area contributed by atoms with Gasteiger partial charge in [-0.2, -0.15) is 0 Å². The van der Waals surface area contributed by atoms with E-state index in [1.165, 1.54) is 11.3 Å². The van der Waals surface area contributed by atoms with Crippen molar-refractivity contribution in [2.24, 2.45) is 11.5 Å². The number of rotatable bonds is 2. The van der Waals surface area contributed by atoms with Crippen LogP contribution in [0.1, 0.15) is 16.1 Å². The van der Waals surface area contributed by atoms with Crippen LogP contribution in [0.3, 0.4) is 0 Å². The average molecular weight is 227 g/mol. The second-order valence-corrected chi connectivity index (χ2v) is 4.55. The lowest BCUT2D eigenvalue weighted by molar-refractivity contribution is 0.100. The molecule has 1 atom stereocenters. The Morgan fingerprint density at radius 3 is 2.80 bits per heavy atom. The summed E-state index contributed by atoms with van der Waals surface area (Å²) in [5.74, 6) is -0.317. The van der Waals surface area contributed by atoms with E-state index in [-0.39, 0.29) is 11.9 Å². The summed E-state index contributed by atoms with van der Waals surface area (Å²) in [6.45, 7) is 1.61. The number of carbonyl (C=O) groups excluding carboxylic acids is 1. The normalized spacial score (nSPS) is 20.9. The number of aromatic nitrogens is 1. The third-order valence-electron chi connectivity index (χ3n) is 2.36. The Kier molecular flexibility index (Phi) is 2.49. The molecule has 0 saturated carbocycles. The van der Waals surface area contributed by atoms with Crippen LogP contribution < -0.4 is 22.1 Å². The average Bonchev–Trinajstić information content (AvgIpc) is 2.71. The van der Waals surface area contributed by atoms with Crippen LogP contribution in [-0.4, -0.2) is 30.0 Å². The number of thiazole rings is 1. The molecule has 7 heteroatoms. The van der Waals surface area contributed by atoms with Crippen molar-refractivity contribution in [1.29, 1.82) is 0 Å². The molecule has 0 spiro atoms. The zero-order chi connectivity index (χ0) is 11.0. The first-order valence-electron chi connectivity index (χ1n) is 4.64. The molecule has 6 N–H and O–H groups in total. The number of hydrogen-bond donors (Lipinski definition) is 3. The predicted octanol–water partition coefficient (Wildman–Crippen LogP) is -0.638. The molecule has 0 bridgehead atoms. The highest BCUT2D eigenvalue weighted by Crippen LogP contribution is 2.29. The van der Waals surface area contributed by atoms with Crippen LogP contribution >= 0.6 is 11.3 Å². The minimum absolute atomic E-state index is 0.173. The van der Waals surface area contributed by atoms with Crippen molar-refractivity contribution < 1.29 is 4.79 Å². The largest absolute Gasteiger partial charge is 0.382 e. The third kappa shape index (κ3) is 1.88. The second-order valence-electron chi connectivity index (χ2n) is 3.57. The Hall–Kier alpha value is -1.34. The summed E-state index contributed by atoms with van der Waals surface area (Å²) in [5, 5.41) is 0.731. The monoisotopic (exact) mass is 227 g/mol. The van der Waals surface area contributed by atoms with E-state index in [4.69, 9.17) is 17.2 Å². The maximum Gasteiger partial charge on any atom is 0.262 e. The SMILES string of the molecule is NC(=O)c1sc(N2CCC(N)C2)nc1N. The minimum Gasteiger partial charge on any atom is -0.382 e. The minimum atomic E-state index is -0.528. The molecule has 0 aromatic carbocycles. The van der Waals surface area contributed by atoms with Crippen molar-refractivity contribution in [2.45, 2.75) is 12.5 Å². The molecule has 82 valence electrons. The lowest BCUT2D eigenvalue weighted by Gasteiger charge is -2.12. The van der Waals surface area contributed by atoms with Gasteiger partial charge in [-0.05, 0) is 6.42 Å². The molecule has 1 aliphatic rings. The topological polar surface area (TPSA) is 111 Å². The number of hydrogen-bond acceptors (Lipinski definition) is 6. The highest BCUT2D eigenvalue weighted by molar-refractivity contribution is 7.18. The molecule has 2 heterocycles. The predicted molar refractivity (Wildman–Crippen MR) is 59.8 cm³/mol. The number of nitrogens with zero attached hydrogens (tertiary/aromatic N) is 2. The fourth-order valence-electron chi connectivity index (χ4n) is 1.59. The van der Waals surface area contributed by atoms with Gasteiger partial charge < -0.3 is 22.1 Å². The summed E-state index contributed by atoms with van der Waals surface area (Å²) in [5.41, 5.74) is 16.5. The summed E-state index contributed by atoms with van der Waals surface area (Å²) in [6, 6.07) is 0.173. The maximum atomic E-state index is 11.0. The lowest BCUT2D eigenvalue weighted by atomic mass is 10.3. The molecule has 0 aliphatic carbocycles. The molecular formula is C8H13N5OS. The van der Waals surface area contributed by atoms with Gasteiger partial charge in [-0.1, -0.05) is 11.3 Å². The molecule has 2 rings (SSSR count). The molecule has 0 radical (unpaired) electrons. The molecule has 1 aromatic rings. The van der Waals surface area contributed by atoms with Gasteiger partial charge in [0, 0.05) is 19.1 Å². The van der Waals surface area contributed by atoms with E-state index >= 15 is 0 Å². The van der Waals surface area contributed by atoms with E-state index in [9.17, 15) is 4.79 Å². The van der Waals surface area contributed by atoms with Gasteiger partial charge in [-0.25, -0.2) is 4.98 Å². The fraction of sp³-hybridized carbons (Fsp3) is 0.500. The fourth-order valence-corrected chi connectivity index (χ4v) is 2.47. The molecular weight excluding hydrogens is 214 g/mol. The van der Waals surface area contributed by atoms with Gasteiger partial charge in [0.1, 0.15) is 10.7 Å². The van der Waals surface area contributed by atoms with Crippen LogP contribution in [0.15, 0.2) is 0 Å².